The molecule has 27 heavy (non-hydrogen) atoms. The summed E-state index contributed by atoms with van der Waals surface area (Å²) in [5, 5.41) is 3.01. The molecule has 3 aromatic rings. The lowest BCUT2D eigenvalue weighted by atomic mass is 10.0. The maximum Gasteiger partial charge on any atom is 0.322 e. The van der Waals surface area contributed by atoms with E-state index in [1.54, 1.807) is 7.11 Å². The monoisotopic (exact) mass is 425 g/mol. The number of fused-ring (bicyclic) bond motifs is 1. The number of anilines is 1. The molecule has 0 saturated carbocycles. The van der Waals surface area contributed by atoms with Crippen molar-refractivity contribution in [3.05, 3.63) is 82.6 Å². The highest BCUT2D eigenvalue weighted by Gasteiger charge is 2.32. The van der Waals surface area contributed by atoms with E-state index in [-0.39, 0.29) is 12.1 Å². The van der Waals surface area contributed by atoms with Crippen molar-refractivity contribution in [3.63, 3.8) is 0 Å². The second-order valence-electron chi connectivity index (χ2n) is 6.40. The molecule has 6 heteroatoms. The average molecular weight is 426 g/mol. The number of hydrogen-bond acceptors (Lipinski definition) is 2. The summed E-state index contributed by atoms with van der Waals surface area (Å²) in [4.78, 5) is 15.0. The molecule has 0 spiro atoms. The van der Waals surface area contributed by atoms with Gasteiger partial charge in [0.25, 0.3) is 0 Å². The Balaban J connectivity index is 1.68. The van der Waals surface area contributed by atoms with Crippen molar-refractivity contribution < 1.29 is 9.53 Å². The number of urea groups is 1. The van der Waals surface area contributed by atoms with Gasteiger partial charge in [-0.15, -0.1) is 0 Å². The van der Waals surface area contributed by atoms with E-state index in [0.29, 0.717) is 18.0 Å². The number of benzene rings is 2. The summed E-state index contributed by atoms with van der Waals surface area (Å²) in [6.45, 7) is 1.40. The summed E-state index contributed by atoms with van der Waals surface area (Å²) < 4.78 is 8.58. The topological polar surface area (TPSA) is 46.5 Å². The standard InChI is InChI=1S/C21H20BrN3O2/c1-27-19-7-3-2-5-17(19)23-21(26)25-14-13-24-12-4-6-18(24)20(25)15-8-10-16(22)11-9-15/h2-12,20H,13-14H2,1H3,(H,23,26)/t20-/m1/s1. The van der Waals surface area contributed by atoms with Gasteiger partial charge in [0.05, 0.1) is 18.8 Å². The molecule has 2 heterocycles. The normalized spacial score (nSPS) is 15.9. The minimum atomic E-state index is -0.142. The van der Waals surface area contributed by atoms with Gasteiger partial charge in [-0.1, -0.05) is 40.2 Å². The van der Waals surface area contributed by atoms with Crippen LogP contribution >= 0.6 is 15.9 Å². The van der Waals surface area contributed by atoms with Crippen LogP contribution in [0.5, 0.6) is 5.75 Å². The number of hydrogen-bond donors (Lipinski definition) is 1. The number of rotatable bonds is 3. The molecule has 0 saturated heterocycles. The number of ether oxygens (including phenoxy) is 1. The van der Waals surface area contributed by atoms with E-state index >= 15 is 0 Å². The molecule has 1 aliphatic rings. The number of carbonyl (C=O) groups excluding carboxylic acids is 1. The number of nitrogens with zero attached hydrogens (tertiary/aromatic N) is 2. The first kappa shape index (κ1) is 17.7. The third kappa shape index (κ3) is 3.45. The highest BCUT2D eigenvalue weighted by molar-refractivity contribution is 9.10. The summed E-state index contributed by atoms with van der Waals surface area (Å²) in [5.41, 5.74) is 2.85. The molecule has 1 atom stereocenters. The number of aromatic nitrogens is 1. The Morgan fingerprint density at radius 1 is 1.07 bits per heavy atom. The Morgan fingerprint density at radius 2 is 1.85 bits per heavy atom. The van der Waals surface area contributed by atoms with Gasteiger partial charge in [0.2, 0.25) is 0 Å². The smallest absolute Gasteiger partial charge is 0.322 e. The second-order valence-corrected chi connectivity index (χ2v) is 7.32. The number of carbonyl (C=O) groups is 1. The number of para-hydroxylation sites is 2. The summed E-state index contributed by atoms with van der Waals surface area (Å²) in [5.74, 6) is 0.645. The van der Waals surface area contributed by atoms with Gasteiger partial charge in [-0.2, -0.15) is 0 Å². The third-order valence-corrected chi connectivity index (χ3v) is 5.36. The van der Waals surface area contributed by atoms with Crippen molar-refractivity contribution in [1.29, 1.82) is 0 Å². The fourth-order valence-corrected chi connectivity index (χ4v) is 3.80. The predicted octanol–water partition coefficient (Wildman–Crippen LogP) is 4.90. The van der Waals surface area contributed by atoms with Crippen LogP contribution in [0.2, 0.25) is 0 Å². The van der Waals surface area contributed by atoms with E-state index < -0.39 is 0 Å². The SMILES string of the molecule is COc1ccccc1NC(=O)N1CCn2cccc2[C@H]1c1ccc(Br)cc1. The van der Waals surface area contributed by atoms with Gasteiger partial charge < -0.3 is 19.5 Å². The highest BCUT2D eigenvalue weighted by atomic mass is 79.9. The van der Waals surface area contributed by atoms with Crippen molar-refractivity contribution in [2.45, 2.75) is 12.6 Å². The highest BCUT2D eigenvalue weighted by Crippen LogP contribution is 2.34. The fourth-order valence-electron chi connectivity index (χ4n) is 3.53. The van der Waals surface area contributed by atoms with Crippen molar-refractivity contribution in [1.82, 2.24) is 9.47 Å². The van der Waals surface area contributed by atoms with Crippen LogP contribution in [-0.4, -0.2) is 29.2 Å². The Labute approximate surface area is 166 Å². The van der Waals surface area contributed by atoms with Crippen LogP contribution in [0.25, 0.3) is 0 Å². The van der Waals surface area contributed by atoms with E-state index in [1.165, 1.54) is 0 Å². The number of methoxy groups -OCH3 is 1. The molecule has 0 aliphatic carbocycles. The summed E-state index contributed by atoms with van der Waals surface area (Å²) >= 11 is 3.49. The van der Waals surface area contributed by atoms with E-state index in [2.05, 4.69) is 50.2 Å². The van der Waals surface area contributed by atoms with Gasteiger partial charge in [0.1, 0.15) is 5.75 Å². The van der Waals surface area contributed by atoms with Crippen molar-refractivity contribution in [3.8, 4) is 5.75 Å². The minimum absolute atomic E-state index is 0.139. The lowest BCUT2D eigenvalue weighted by Gasteiger charge is -2.37. The Bertz CT molecular complexity index is 952. The van der Waals surface area contributed by atoms with Gasteiger partial charge in [0, 0.05) is 29.5 Å². The Morgan fingerprint density at radius 3 is 2.63 bits per heavy atom. The lowest BCUT2D eigenvalue weighted by molar-refractivity contribution is 0.181. The van der Waals surface area contributed by atoms with Gasteiger partial charge >= 0.3 is 6.03 Å². The predicted molar refractivity (Wildman–Crippen MR) is 109 cm³/mol. The quantitative estimate of drug-likeness (QED) is 0.648. The van der Waals surface area contributed by atoms with Crippen LogP contribution in [0, 0.1) is 0 Å². The van der Waals surface area contributed by atoms with Crippen LogP contribution in [0.1, 0.15) is 17.3 Å². The van der Waals surface area contributed by atoms with E-state index in [4.69, 9.17) is 4.74 Å². The van der Waals surface area contributed by atoms with Gasteiger partial charge in [-0.05, 0) is 42.0 Å². The fraction of sp³-hybridized carbons (Fsp3) is 0.190. The van der Waals surface area contributed by atoms with Crippen LogP contribution in [0.3, 0.4) is 0 Å². The lowest BCUT2D eigenvalue weighted by Crippen LogP contribution is -2.44. The van der Waals surface area contributed by atoms with Crippen molar-refractivity contribution in [2.24, 2.45) is 0 Å². The molecule has 138 valence electrons. The number of halogens is 1. The molecule has 2 aromatic carbocycles. The molecule has 0 radical (unpaired) electrons. The molecular formula is C21H20BrN3O2. The molecular weight excluding hydrogens is 406 g/mol. The average Bonchev–Trinajstić information content (AvgIpc) is 3.17. The van der Waals surface area contributed by atoms with E-state index in [1.807, 2.05) is 47.4 Å². The molecule has 5 nitrogen and oxygen atoms in total. The maximum atomic E-state index is 13.2. The molecule has 0 bridgehead atoms. The first-order valence-corrected chi connectivity index (χ1v) is 9.58. The number of amides is 2. The minimum Gasteiger partial charge on any atom is -0.495 e. The van der Waals surface area contributed by atoms with Gasteiger partial charge in [-0.25, -0.2) is 4.79 Å². The largest absolute Gasteiger partial charge is 0.495 e. The zero-order chi connectivity index (χ0) is 18.8. The summed E-state index contributed by atoms with van der Waals surface area (Å²) in [6, 6.07) is 19.4. The van der Waals surface area contributed by atoms with Crippen LogP contribution < -0.4 is 10.1 Å². The van der Waals surface area contributed by atoms with E-state index in [9.17, 15) is 4.79 Å². The molecule has 1 N–H and O–H groups in total. The third-order valence-electron chi connectivity index (χ3n) is 4.83. The molecule has 2 amide bonds. The van der Waals surface area contributed by atoms with Gasteiger partial charge in [0.15, 0.2) is 0 Å². The summed E-state index contributed by atoms with van der Waals surface area (Å²) in [6.07, 6.45) is 2.07. The van der Waals surface area contributed by atoms with Crippen molar-refractivity contribution >= 4 is 27.6 Å². The zero-order valence-electron chi connectivity index (χ0n) is 14.9. The summed E-state index contributed by atoms with van der Waals surface area (Å²) in [7, 11) is 1.60. The van der Waals surface area contributed by atoms with E-state index in [0.717, 1.165) is 22.3 Å². The van der Waals surface area contributed by atoms with Crippen LogP contribution in [0.4, 0.5) is 10.5 Å². The van der Waals surface area contributed by atoms with Crippen LogP contribution in [-0.2, 0) is 6.54 Å². The second kappa shape index (κ2) is 7.48. The first-order chi connectivity index (χ1) is 13.2. The van der Waals surface area contributed by atoms with Crippen LogP contribution in [0.15, 0.2) is 71.3 Å². The Hall–Kier alpha value is -2.73. The van der Waals surface area contributed by atoms with Gasteiger partial charge in [-0.3, -0.25) is 0 Å². The molecule has 1 aromatic heterocycles. The number of nitrogens with one attached hydrogen (secondary N) is 1. The zero-order valence-corrected chi connectivity index (χ0v) is 16.5. The Kier molecular flexibility index (Phi) is 4.90. The first-order valence-electron chi connectivity index (χ1n) is 8.78. The molecule has 4 rings (SSSR count). The molecule has 1 aliphatic heterocycles. The molecule has 0 unspecified atom stereocenters. The molecule has 0 fully saturated rings. The van der Waals surface area contributed by atoms with Crippen molar-refractivity contribution in [2.75, 3.05) is 19.0 Å². The maximum absolute atomic E-state index is 13.2.